The summed E-state index contributed by atoms with van der Waals surface area (Å²) in [6.45, 7) is 3.35. The van der Waals surface area contributed by atoms with Gasteiger partial charge in [-0.25, -0.2) is 9.69 Å². The zero-order valence-electron chi connectivity index (χ0n) is 18.7. The molecular formula is C26H23ClN2O5. The number of ether oxygens (including phenoxy) is 1. The number of benzene rings is 2. The van der Waals surface area contributed by atoms with E-state index in [-0.39, 0.29) is 41.0 Å². The highest BCUT2D eigenvalue weighted by atomic mass is 35.5. The second-order valence-electron chi connectivity index (χ2n) is 9.11. The van der Waals surface area contributed by atoms with Crippen molar-refractivity contribution in [1.82, 2.24) is 0 Å². The topological polar surface area (TPSA) is 92.8 Å². The second kappa shape index (κ2) is 8.40. The van der Waals surface area contributed by atoms with E-state index in [9.17, 15) is 19.2 Å². The van der Waals surface area contributed by atoms with Crippen molar-refractivity contribution in [3.63, 3.8) is 0 Å². The molecule has 3 amide bonds. The third kappa shape index (κ3) is 3.70. The molecule has 3 aliphatic rings. The molecule has 2 aromatic carbocycles. The third-order valence-electron chi connectivity index (χ3n) is 7.03. The van der Waals surface area contributed by atoms with Gasteiger partial charge in [0, 0.05) is 10.7 Å². The molecule has 0 radical (unpaired) electrons. The number of allylic oxidation sites excluding steroid dienone is 2. The van der Waals surface area contributed by atoms with Gasteiger partial charge in [0.1, 0.15) is 0 Å². The molecule has 0 spiro atoms. The predicted octanol–water partition coefficient (Wildman–Crippen LogP) is 4.15. The number of carbonyl (C=O) groups is 4. The Morgan fingerprint density at radius 1 is 1.09 bits per heavy atom. The van der Waals surface area contributed by atoms with Crippen molar-refractivity contribution in [2.45, 2.75) is 20.3 Å². The van der Waals surface area contributed by atoms with Gasteiger partial charge in [0.25, 0.3) is 5.91 Å². The summed E-state index contributed by atoms with van der Waals surface area (Å²) in [6.07, 6.45) is 2.97. The van der Waals surface area contributed by atoms with Crippen LogP contribution >= 0.6 is 11.6 Å². The molecule has 0 unspecified atom stereocenters. The first kappa shape index (κ1) is 22.3. The normalized spacial score (nSPS) is 24.8. The average molecular weight is 479 g/mol. The molecule has 1 aliphatic heterocycles. The van der Waals surface area contributed by atoms with Crippen LogP contribution in [0.2, 0.25) is 5.02 Å². The van der Waals surface area contributed by atoms with Gasteiger partial charge in [-0.2, -0.15) is 0 Å². The fraction of sp³-hybridized carbons (Fsp3) is 0.308. The number of hydrogen-bond acceptors (Lipinski definition) is 5. The van der Waals surface area contributed by atoms with Crippen molar-refractivity contribution in [2.75, 3.05) is 16.8 Å². The number of aryl methyl sites for hydroxylation is 1. The van der Waals surface area contributed by atoms with E-state index in [1.807, 2.05) is 13.8 Å². The molecule has 1 N–H and O–H groups in total. The van der Waals surface area contributed by atoms with Crippen molar-refractivity contribution in [1.29, 1.82) is 0 Å². The van der Waals surface area contributed by atoms with Gasteiger partial charge in [-0.3, -0.25) is 14.4 Å². The molecule has 7 nitrogen and oxygen atoms in total. The van der Waals surface area contributed by atoms with Gasteiger partial charge in [-0.1, -0.05) is 35.4 Å². The Morgan fingerprint density at radius 2 is 1.85 bits per heavy atom. The maximum Gasteiger partial charge on any atom is 0.338 e. The van der Waals surface area contributed by atoms with Crippen molar-refractivity contribution in [3.05, 3.63) is 70.3 Å². The van der Waals surface area contributed by atoms with Gasteiger partial charge >= 0.3 is 5.97 Å². The molecule has 5 rings (SSSR count). The number of rotatable bonds is 5. The largest absolute Gasteiger partial charge is 0.452 e. The number of esters is 1. The number of halogens is 1. The molecule has 1 heterocycles. The van der Waals surface area contributed by atoms with E-state index in [0.29, 0.717) is 16.4 Å². The number of fused-ring (bicyclic) bond motifs is 5. The number of hydrogen-bond donors (Lipinski definition) is 1. The SMILES string of the molecule is CC1=C[C@H]2C[C@H]1[C@@H]1C(=O)N(c3cccc(C(=O)OCC(=O)Nc4cc(Cl)ccc4C)c3)C(=O)[C@@H]12. The van der Waals surface area contributed by atoms with Gasteiger partial charge in [-0.05, 0) is 68.0 Å². The molecule has 4 atom stereocenters. The lowest BCUT2D eigenvalue weighted by atomic mass is 9.82. The van der Waals surface area contributed by atoms with Gasteiger partial charge < -0.3 is 10.1 Å². The summed E-state index contributed by atoms with van der Waals surface area (Å²) in [5, 5.41) is 3.14. The molecule has 174 valence electrons. The lowest BCUT2D eigenvalue weighted by Gasteiger charge is -2.19. The van der Waals surface area contributed by atoms with E-state index in [0.717, 1.165) is 12.0 Å². The maximum absolute atomic E-state index is 13.2. The van der Waals surface area contributed by atoms with Crippen LogP contribution in [0.15, 0.2) is 54.1 Å². The quantitative estimate of drug-likeness (QED) is 0.396. The molecule has 34 heavy (non-hydrogen) atoms. The highest BCUT2D eigenvalue weighted by Crippen LogP contribution is 2.55. The number of nitrogens with zero attached hydrogens (tertiary/aromatic N) is 1. The lowest BCUT2D eigenvalue weighted by Crippen LogP contribution is -2.33. The summed E-state index contributed by atoms with van der Waals surface area (Å²) in [5.41, 5.74) is 3.03. The average Bonchev–Trinajstić information content (AvgIpc) is 3.45. The van der Waals surface area contributed by atoms with E-state index in [1.165, 1.54) is 22.6 Å². The van der Waals surface area contributed by atoms with Gasteiger partial charge in [-0.15, -0.1) is 0 Å². The zero-order chi connectivity index (χ0) is 24.1. The van der Waals surface area contributed by atoms with Crippen LogP contribution in [0.3, 0.4) is 0 Å². The highest BCUT2D eigenvalue weighted by molar-refractivity contribution is 6.31. The van der Waals surface area contributed by atoms with Gasteiger partial charge in [0.15, 0.2) is 6.61 Å². The monoisotopic (exact) mass is 478 g/mol. The Morgan fingerprint density at radius 3 is 2.65 bits per heavy atom. The van der Waals surface area contributed by atoms with Crippen LogP contribution in [0.5, 0.6) is 0 Å². The van der Waals surface area contributed by atoms with E-state index >= 15 is 0 Å². The van der Waals surface area contributed by atoms with Crippen LogP contribution in [-0.4, -0.2) is 30.3 Å². The van der Waals surface area contributed by atoms with Crippen LogP contribution in [0, 0.1) is 30.6 Å². The number of nitrogens with one attached hydrogen (secondary N) is 1. The van der Waals surface area contributed by atoms with Crippen LogP contribution in [0.25, 0.3) is 0 Å². The summed E-state index contributed by atoms with van der Waals surface area (Å²) < 4.78 is 5.16. The Hall–Kier alpha value is -3.45. The van der Waals surface area contributed by atoms with E-state index in [1.54, 1.807) is 30.3 Å². The van der Waals surface area contributed by atoms with Crippen molar-refractivity contribution >= 4 is 46.7 Å². The summed E-state index contributed by atoms with van der Waals surface area (Å²) in [5.74, 6) is -2.09. The van der Waals surface area contributed by atoms with Gasteiger partial charge in [0.2, 0.25) is 11.8 Å². The van der Waals surface area contributed by atoms with Gasteiger partial charge in [0.05, 0.1) is 23.1 Å². The first-order valence-corrected chi connectivity index (χ1v) is 11.5. The van der Waals surface area contributed by atoms with Crippen LogP contribution in [-0.2, 0) is 19.1 Å². The molecule has 1 saturated carbocycles. The van der Waals surface area contributed by atoms with Crippen molar-refractivity contribution in [2.24, 2.45) is 23.7 Å². The zero-order valence-corrected chi connectivity index (χ0v) is 19.5. The Bertz CT molecular complexity index is 1270. The van der Waals surface area contributed by atoms with Crippen LogP contribution in [0.4, 0.5) is 11.4 Å². The maximum atomic E-state index is 13.2. The van der Waals surface area contributed by atoms with Crippen molar-refractivity contribution in [3.8, 4) is 0 Å². The molecule has 1 saturated heterocycles. The Labute approximate surface area is 201 Å². The molecule has 2 aromatic rings. The number of anilines is 2. The summed E-state index contributed by atoms with van der Waals surface area (Å²) in [6, 6.07) is 11.3. The minimum Gasteiger partial charge on any atom is -0.452 e. The molecule has 8 heteroatoms. The van der Waals surface area contributed by atoms with Crippen LogP contribution in [0.1, 0.15) is 29.3 Å². The minimum atomic E-state index is -0.725. The Kier molecular flexibility index (Phi) is 5.52. The van der Waals surface area contributed by atoms with Crippen molar-refractivity contribution < 1.29 is 23.9 Å². The standard InChI is InChI=1S/C26H23ClN2O5/c1-13-6-7-17(27)11-20(13)28-21(30)12-34-26(33)15-4-3-5-18(9-15)29-24(31)22-16-8-14(2)19(10-16)23(22)25(29)32/h3-9,11,16,19,22-23H,10,12H2,1-2H3,(H,28,30)/t16-,19+,22+,23-/m0/s1. The smallest absolute Gasteiger partial charge is 0.338 e. The van der Waals surface area contributed by atoms with E-state index < -0.39 is 18.5 Å². The molecule has 2 fully saturated rings. The van der Waals surface area contributed by atoms with E-state index in [4.69, 9.17) is 16.3 Å². The number of amides is 3. The molecular weight excluding hydrogens is 456 g/mol. The fourth-order valence-corrected chi connectivity index (χ4v) is 5.60. The predicted molar refractivity (Wildman–Crippen MR) is 126 cm³/mol. The fourth-order valence-electron chi connectivity index (χ4n) is 5.43. The minimum absolute atomic E-state index is 0.103. The lowest BCUT2D eigenvalue weighted by molar-refractivity contribution is -0.123. The molecule has 2 bridgehead atoms. The number of carbonyl (C=O) groups excluding carboxylic acids is 4. The van der Waals surface area contributed by atoms with E-state index in [2.05, 4.69) is 11.4 Å². The molecule has 2 aliphatic carbocycles. The molecule has 0 aromatic heterocycles. The first-order valence-electron chi connectivity index (χ1n) is 11.1. The Balaban J connectivity index is 1.26. The highest BCUT2D eigenvalue weighted by Gasteiger charge is 2.60. The summed E-state index contributed by atoms with van der Waals surface area (Å²) in [7, 11) is 0. The van der Waals surface area contributed by atoms with Crippen LogP contribution < -0.4 is 10.2 Å². The third-order valence-corrected chi connectivity index (χ3v) is 7.26. The first-order chi connectivity index (χ1) is 16.2. The summed E-state index contributed by atoms with van der Waals surface area (Å²) >= 11 is 5.96. The second-order valence-corrected chi connectivity index (χ2v) is 9.55. The number of imide groups is 1. The summed E-state index contributed by atoms with van der Waals surface area (Å²) in [4.78, 5) is 52.3.